The molecule has 2 saturated heterocycles. The zero-order valence-electron chi connectivity index (χ0n) is 43.9. The Morgan fingerprint density at radius 3 is 1.73 bits per heavy atom. The molecule has 9 atom stereocenters. The van der Waals surface area contributed by atoms with E-state index in [1.54, 1.807) is 23.5 Å². The maximum absolute atomic E-state index is 13.9. The van der Waals surface area contributed by atoms with Crippen LogP contribution in [0.15, 0.2) is 96.8 Å². The summed E-state index contributed by atoms with van der Waals surface area (Å²) in [5, 5.41) is 5.54. The number of nitrogens with zero attached hydrogens (tertiary/aromatic N) is 4. The van der Waals surface area contributed by atoms with Crippen LogP contribution in [0.3, 0.4) is 0 Å². The van der Waals surface area contributed by atoms with Gasteiger partial charge in [0, 0.05) is 13.1 Å². The van der Waals surface area contributed by atoms with Crippen LogP contribution in [0.25, 0.3) is 39.2 Å². The average molecular weight is 1050 g/mol. The largest absolute Gasteiger partial charge is 0.453 e. The molecule has 394 valence electrons. The number of carbonyl (C=O) groups is 4. The second-order valence-electron chi connectivity index (χ2n) is 21.3. The Kier molecular flexibility index (Phi) is 15.9. The van der Waals surface area contributed by atoms with Crippen molar-refractivity contribution in [1.29, 1.82) is 0 Å². The van der Waals surface area contributed by atoms with Crippen LogP contribution in [0.1, 0.15) is 105 Å². The predicted octanol–water partition coefficient (Wildman–Crippen LogP) is 11.0. The summed E-state index contributed by atoms with van der Waals surface area (Å²) in [5.74, 6) is 4.87. The molecule has 2 aliphatic heterocycles. The lowest BCUT2D eigenvalue weighted by atomic mass is 9.79. The molecule has 3 fully saturated rings. The predicted molar refractivity (Wildman–Crippen MR) is 298 cm³/mol. The van der Waals surface area contributed by atoms with E-state index in [0.717, 1.165) is 77.8 Å². The van der Waals surface area contributed by atoms with Gasteiger partial charge < -0.3 is 39.9 Å². The van der Waals surface area contributed by atoms with Crippen molar-refractivity contribution in [3.8, 4) is 33.6 Å². The van der Waals surface area contributed by atoms with Gasteiger partial charge in [0.1, 0.15) is 23.7 Å². The monoisotopic (exact) mass is 1050 g/mol. The summed E-state index contributed by atoms with van der Waals surface area (Å²) in [6, 6.07) is 23.2. The fourth-order valence-corrected chi connectivity index (χ4v) is 13.1. The number of hydrogen-bond acceptors (Lipinski definition) is 10. The summed E-state index contributed by atoms with van der Waals surface area (Å²) >= 11 is 3.28. The summed E-state index contributed by atoms with van der Waals surface area (Å²) in [6.07, 6.45) is 18.1. The number of aromatic amines is 2. The Morgan fingerprint density at radius 1 is 0.693 bits per heavy atom. The van der Waals surface area contributed by atoms with Gasteiger partial charge >= 0.3 is 12.2 Å². The molecule has 4 N–H and O–H groups in total. The van der Waals surface area contributed by atoms with Crippen LogP contribution in [0, 0.1) is 23.7 Å². The minimum Gasteiger partial charge on any atom is -0.453 e. The zero-order valence-corrected chi connectivity index (χ0v) is 45.5. The number of imidazole rings is 2. The van der Waals surface area contributed by atoms with E-state index in [-0.39, 0.29) is 23.9 Å². The normalized spacial score (nSPS) is 23.6. The van der Waals surface area contributed by atoms with Crippen LogP contribution >= 0.6 is 23.5 Å². The van der Waals surface area contributed by atoms with Crippen molar-refractivity contribution in [2.24, 2.45) is 23.7 Å². The minimum atomic E-state index is -0.664. The second-order valence-corrected chi connectivity index (χ2v) is 23.3. The number of hydrogen-bond donors (Lipinski definition) is 4. The Morgan fingerprint density at radius 2 is 1.21 bits per heavy atom. The highest BCUT2D eigenvalue weighted by Crippen LogP contribution is 2.57. The fraction of sp³-hybridized carbons (Fsp3) is 0.458. The van der Waals surface area contributed by atoms with Gasteiger partial charge in [0.2, 0.25) is 11.8 Å². The van der Waals surface area contributed by atoms with Gasteiger partial charge in [0.25, 0.3) is 0 Å². The van der Waals surface area contributed by atoms with Gasteiger partial charge in [0.05, 0.1) is 50.1 Å². The van der Waals surface area contributed by atoms with Gasteiger partial charge in [-0.2, -0.15) is 23.5 Å². The van der Waals surface area contributed by atoms with Crippen molar-refractivity contribution in [2.45, 2.75) is 95.3 Å². The van der Waals surface area contributed by atoms with Gasteiger partial charge in [-0.15, -0.1) is 0 Å². The zero-order chi connectivity index (χ0) is 52.3. The van der Waals surface area contributed by atoms with Crippen LogP contribution < -0.4 is 10.6 Å². The summed E-state index contributed by atoms with van der Waals surface area (Å²) < 4.78 is 9.71. The van der Waals surface area contributed by atoms with Gasteiger partial charge in [-0.25, -0.2) is 19.6 Å². The second kappa shape index (κ2) is 22.9. The van der Waals surface area contributed by atoms with Crippen molar-refractivity contribution >= 4 is 53.1 Å². The number of benzene rings is 3. The van der Waals surface area contributed by atoms with Crippen molar-refractivity contribution in [2.75, 3.05) is 51.3 Å². The number of aryl methyl sites for hydroxylation is 1. The maximum atomic E-state index is 13.9. The van der Waals surface area contributed by atoms with E-state index in [1.165, 1.54) is 59.6 Å². The van der Waals surface area contributed by atoms with Crippen LogP contribution in [0.4, 0.5) is 9.59 Å². The van der Waals surface area contributed by atoms with Crippen LogP contribution in [-0.4, -0.2) is 117 Å². The maximum Gasteiger partial charge on any atom is 0.407 e. The molecular formula is C59H70N8O6S2. The number of carbonyl (C=O) groups excluding carboxylic acids is 4. The van der Waals surface area contributed by atoms with Gasteiger partial charge in [0.15, 0.2) is 0 Å². The number of allylic oxidation sites excluding steroid dienone is 4. The summed E-state index contributed by atoms with van der Waals surface area (Å²) in [6.45, 7) is 5.51. The number of likely N-dealkylation sites (tertiary alicyclic amines) is 2. The third kappa shape index (κ3) is 11.3. The first-order valence-corrected chi connectivity index (χ1v) is 29.3. The molecule has 14 nitrogen and oxygen atoms in total. The van der Waals surface area contributed by atoms with E-state index in [4.69, 9.17) is 19.4 Å². The number of thioether (sulfide) groups is 2. The number of aromatic nitrogens is 4. The van der Waals surface area contributed by atoms with E-state index in [1.807, 2.05) is 34.7 Å². The number of methoxy groups -OCH3 is 2. The number of ether oxygens (including phenoxy) is 2. The molecule has 5 aromatic rings. The molecule has 4 amide bonds. The topological polar surface area (TPSA) is 175 Å². The molecule has 4 heterocycles. The minimum absolute atomic E-state index is 0.105. The third-order valence-electron chi connectivity index (χ3n) is 16.2. The molecule has 3 aromatic carbocycles. The standard InChI is InChI=1S/C59H70N8O6S2/c1-34-25-52(66(32-34)56(68)48(21-23-74-5)64-58(70)72-3)54-60-30-50(62-54)40-15-10-38(11-16-40)44-28-42-19-14-37(44)9-7-36-8-20-43(47-29-46(42)47)45(27-36)39-12-17-41(18-13-39)51-31-61-55(63-51)53-26-35(2)33-67(53)57(69)49(22-24-75-6)65-59(71)73-4/h8,10-20,27,30-31,34-35,42,46-49,52-53H,7,9,21-26,28-29,32-33H2,1-6H3,(H,60,62)(H,61,63)(H,64,70)(H,65,71)/t34-,35-,42-,46?,47-,48+,49+,52+,53+/m1/s1. The third-order valence-corrected chi connectivity index (χ3v) is 17.5. The van der Waals surface area contributed by atoms with E-state index in [2.05, 4.69) is 113 Å². The molecular weight excluding hydrogens is 981 g/mol. The first kappa shape index (κ1) is 52.2. The molecule has 75 heavy (non-hydrogen) atoms. The molecule has 13 rings (SSSR count). The lowest BCUT2D eigenvalue weighted by Gasteiger charge is -2.28. The molecule has 0 radical (unpaired) electrons. The molecule has 4 bridgehead atoms. The number of H-pyrrole nitrogens is 2. The highest BCUT2D eigenvalue weighted by Gasteiger charge is 2.45. The number of rotatable bonds is 16. The Hall–Kier alpha value is -6.26. The number of amides is 4. The summed E-state index contributed by atoms with van der Waals surface area (Å²) in [7, 11) is 2.64. The first-order chi connectivity index (χ1) is 36.4. The highest BCUT2D eigenvalue weighted by molar-refractivity contribution is 7.98. The molecule has 0 spiro atoms. The molecule has 1 unspecified atom stereocenters. The number of nitrogens with one attached hydrogen (secondary N) is 4. The van der Waals surface area contributed by atoms with E-state index in [9.17, 15) is 19.2 Å². The molecule has 6 aliphatic carbocycles. The lowest BCUT2D eigenvalue weighted by Crippen LogP contribution is -2.49. The van der Waals surface area contributed by atoms with Crippen molar-refractivity contribution in [3.05, 3.63) is 125 Å². The Bertz CT molecular complexity index is 2950. The Labute approximate surface area is 449 Å². The molecule has 16 heteroatoms. The summed E-state index contributed by atoms with van der Waals surface area (Å²) in [5.41, 5.74) is 13.3. The van der Waals surface area contributed by atoms with Crippen molar-refractivity contribution in [3.63, 3.8) is 0 Å². The van der Waals surface area contributed by atoms with E-state index < -0.39 is 24.3 Å². The van der Waals surface area contributed by atoms with Crippen molar-refractivity contribution in [1.82, 2.24) is 40.4 Å². The van der Waals surface area contributed by atoms with Gasteiger partial charge in [-0.1, -0.05) is 92.7 Å². The van der Waals surface area contributed by atoms with Crippen LogP contribution in [0.2, 0.25) is 0 Å². The molecule has 2 aromatic heterocycles. The first-order valence-electron chi connectivity index (χ1n) is 26.6. The van der Waals surface area contributed by atoms with Crippen molar-refractivity contribution < 1.29 is 28.7 Å². The molecule has 1 saturated carbocycles. The van der Waals surface area contributed by atoms with Crippen LogP contribution in [0.5, 0.6) is 0 Å². The molecule has 8 aliphatic rings. The van der Waals surface area contributed by atoms with E-state index in [0.29, 0.717) is 55.5 Å². The lowest BCUT2D eigenvalue weighted by molar-refractivity contribution is -0.135. The van der Waals surface area contributed by atoms with Crippen LogP contribution in [-0.2, 0) is 25.5 Å². The smallest absolute Gasteiger partial charge is 0.407 e. The Balaban J connectivity index is 0.830. The number of alkyl carbamates (subject to hydrolysis) is 2. The average Bonchev–Trinajstić information content (AvgIpc) is 3.87. The van der Waals surface area contributed by atoms with Gasteiger partial charge in [-0.05, 0) is 155 Å². The quantitative estimate of drug-likeness (QED) is 0.0744. The summed E-state index contributed by atoms with van der Waals surface area (Å²) in [4.78, 5) is 72.8. The highest BCUT2D eigenvalue weighted by atomic mass is 32.2. The SMILES string of the molecule is COC(=O)N[C@@H](CCSC)C(=O)N1C[C@H](C)C[C@H]1c1ncc(-c2ccc(C3=C4C=C[C@H](C3)C3C[C@@H]3c3ccc(cc3-c3ccc(-c5cnc([C@@H]6C[C@@H](C)CN6C(=O)[C@H](CCSC)NC(=O)OC)[nH]5)cc3)CC4)cc2)[nH]1. The van der Waals surface area contributed by atoms with Gasteiger partial charge in [-0.3, -0.25) is 9.59 Å². The fourth-order valence-electron chi connectivity index (χ4n) is 12.1. The van der Waals surface area contributed by atoms with E-state index >= 15 is 0 Å².